The van der Waals surface area contributed by atoms with Crippen molar-refractivity contribution in [2.75, 3.05) is 52.4 Å². The number of H-pyrrole nitrogens is 1. The molecule has 0 fully saturated rings. The molecule has 66 heavy (non-hydrogen) atoms. The average Bonchev–Trinajstić information content (AvgIpc) is 3.82. The van der Waals surface area contributed by atoms with Crippen molar-refractivity contribution in [3.8, 4) is 0 Å². The second-order valence-electron chi connectivity index (χ2n) is 14.5. The number of hydrogen-bond acceptors (Lipinski definition) is 12. The van der Waals surface area contributed by atoms with Crippen LogP contribution in [-0.2, 0) is 72.0 Å². The number of nitrogens with one attached hydrogen (secondary N) is 10. The Labute approximate surface area is 379 Å². The molecule has 3 aromatic rings. The lowest BCUT2D eigenvalue weighted by atomic mass is 10.0. The van der Waals surface area contributed by atoms with Gasteiger partial charge in [0.1, 0.15) is 18.1 Å². The molecule has 0 unspecified atom stereocenters. The van der Waals surface area contributed by atoms with E-state index in [0.717, 1.165) is 0 Å². The third-order valence-corrected chi connectivity index (χ3v) is 9.20. The van der Waals surface area contributed by atoms with E-state index in [1.165, 1.54) is 17.4 Å². The summed E-state index contributed by atoms with van der Waals surface area (Å²) in [6, 6.07) is 13.5. The summed E-state index contributed by atoms with van der Waals surface area (Å²) in [5.41, 5.74) is 6.80. The number of hydrogen-bond donors (Lipinski definition) is 11. The Morgan fingerprint density at radius 2 is 1.11 bits per heavy atom. The molecule has 0 aliphatic heterocycles. The van der Waals surface area contributed by atoms with Gasteiger partial charge in [-0.15, -0.1) is 0 Å². The minimum atomic E-state index is -1.34. The number of amides is 11. The molecule has 0 aliphatic carbocycles. The number of imidazole rings is 1. The van der Waals surface area contributed by atoms with Gasteiger partial charge in [-0.3, -0.25) is 52.7 Å². The van der Waals surface area contributed by atoms with Gasteiger partial charge in [0, 0.05) is 37.7 Å². The number of benzene rings is 2. The van der Waals surface area contributed by atoms with Crippen LogP contribution in [0.5, 0.6) is 0 Å². The molecule has 12 N–H and O–H groups in total. The van der Waals surface area contributed by atoms with E-state index in [4.69, 9.17) is 5.73 Å². The average molecular weight is 918 g/mol. The maximum Gasteiger partial charge on any atom is 0.243 e. The largest absolute Gasteiger partial charge is 0.368 e. The van der Waals surface area contributed by atoms with Crippen molar-refractivity contribution in [1.29, 1.82) is 0 Å². The predicted octanol–water partition coefficient (Wildman–Crippen LogP) is -5.06. The number of aromatic nitrogens is 2. The highest BCUT2D eigenvalue weighted by Crippen LogP contribution is 2.09. The number of carbonyl (C=O) groups excluding carboxylic acids is 11. The zero-order valence-corrected chi connectivity index (χ0v) is 36.2. The lowest BCUT2D eigenvalue weighted by molar-refractivity contribution is -0.136. The standard InChI is InChI=1S/C42H55N13O11/c1-2-13-55(39(63)23-49-34(58)19-45-26-56)24-38(62)48-20-35(59)47-22-37(61)52-32(16-29-17-44-25-51-29)42(66)54-31(15-28-11-7-4-8-12-28)41(65)53-30(14-27-9-5-3-6-10-27)40(64)50-21-36(60)46-18-33(43)57/h3-12,17,25-26,30-32H,2,13-16,18-24H2,1H3,(H2,43,57)(H,44,51)(H,45,56)(H,46,60)(H,47,59)(H,48,62)(H,49,58)(H,50,64)(H,52,61)(H,53,65)(H,54,66)/t30-,31-,32-/m0/s1. The van der Waals surface area contributed by atoms with Gasteiger partial charge in [0.2, 0.25) is 65.5 Å². The summed E-state index contributed by atoms with van der Waals surface area (Å²) in [5, 5.41) is 21.8. The van der Waals surface area contributed by atoms with E-state index in [2.05, 4.69) is 57.8 Å². The molecule has 1 heterocycles. The highest BCUT2D eigenvalue weighted by Gasteiger charge is 2.31. The van der Waals surface area contributed by atoms with Gasteiger partial charge in [-0.1, -0.05) is 67.6 Å². The second kappa shape index (κ2) is 28.5. The highest BCUT2D eigenvalue weighted by atomic mass is 16.2. The van der Waals surface area contributed by atoms with Crippen LogP contribution in [0.2, 0.25) is 0 Å². The summed E-state index contributed by atoms with van der Waals surface area (Å²) >= 11 is 0. The van der Waals surface area contributed by atoms with Crippen LogP contribution >= 0.6 is 0 Å². The molecule has 0 saturated carbocycles. The van der Waals surface area contributed by atoms with Crippen molar-refractivity contribution in [2.24, 2.45) is 5.73 Å². The fourth-order valence-corrected chi connectivity index (χ4v) is 5.97. The fraction of sp³-hybridized carbons (Fsp3) is 0.381. The first-order chi connectivity index (χ1) is 31.7. The van der Waals surface area contributed by atoms with Gasteiger partial charge in [0.05, 0.1) is 52.1 Å². The van der Waals surface area contributed by atoms with Gasteiger partial charge in [-0.2, -0.15) is 0 Å². The zero-order chi connectivity index (χ0) is 48.3. The Balaban J connectivity index is 1.68. The van der Waals surface area contributed by atoms with Crippen LogP contribution in [0.3, 0.4) is 0 Å². The molecule has 24 heteroatoms. The predicted molar refractivity (Wildman–Crippen MR) is 234 cm³/mol. The van der Waals surface area contributed by atoms with Crippen LogP contribution in [0.1, 0.15) is 30.2 Å². The first-order valence-corrected chi connectivity index (χ1v) is 20.7. The van der Waals surface area contributed by atoms with Crippen molar-refractivity contribution >= 4 is 65.5 Å². The van der Waals surface area contributed by atoms with Crippen molar-refractivity contribution in [3.05, 3.63) is 90.0 Å². The SMILES string of the molecule is CCCN(CC(=O)NCC(=O)NCC(=O)N[C@@H](Cc1cnc[nH]1)C(=O)N[C@@H](Cc1ccccc1)C(=O)N[C@@H](Cc1ccccc1)C(=O)NCC(=O)NCC(N)=O)C(=O)CNC(=O)CNC=O. The summed E-state index contributed by atoms with van der Waals surface area (Å²) in [7, 11) is 0. The van der Waals surface area contributed by atoms with E-state index in [-0.39, 0.29) is 32.4 Å². The fourth-order valence-electron chi connectivity index (χ4n) is 5.97. The normalized spacial score (nSPS) is 11.8. The zero-order valence-electron chi connectivity index (χ0n) is 36.2. The van der Waals surface area contributed by atoms with Gasteiger partial charge >= 0.3 is 0 Å². The Morgan fingerprint density at radius 3 is 1.65 bits per heavy atom. The van der Waals surface area contributed by atoms with Gasteiger partial charge in [-0.05, 0) is 17.5 Å². The molecule has 3 rings (SSSR count). The summed E-state index contributed by atoms with van der Waals surface area (Å²) < 4.78 is 0. The van der Waals surface area contributed by atoms with Crippen LogP contribution in [-0.4, -0.2) is 151 Å². The molecule has 24 nitrogen and oxygen atoms in total. The molecule has 0 saturated heterocycles. The number of nitrogens with zero attached hydrogens (tertiary/aromatic N) is 2. The number of carbonyl (C=O) groups is 11. The van der Waals surface area contributed by atoms with Gasteiger partial charge < -0.3 is 63.5 Å². The van der Waals surface area contributed by atoms with Crippen molar-refractivity contribution in [1.82, 2.24) is 62.7 Å². The highest BCUT2D eigenvalue weighted by molar-refractivity contribution is 5.96. The summed E-state index contributed by atoms with van der Waals surface area (Å²) in [5.74, 6) is -7.31. The second-order valence-corrected chi connectivity index (χ2v) is 14.5. The first-order valence-electron chi connectivity index (χ1n) is 20.7. The molecule has 0 bridgehead atoms. The number of rotatable bonds is 29. The number of nitrogens with two attached hydrogens (primary N) is 1. The molecule has 0 radical (unpaired) electrons. The molecule has 3 atom stereocenters. The van der Waals surface area contributed by atoms with E-state index >= 15 is 0 Å². The maximum atomic E-state index is 14.1. The first kappa shape index (κ1) is 52.2. The molecule has 2 aromatic carbocycles. The molecular formula is C42H55N13O11. The minimum absolute atomic E-state index is 0.0116. The molecule has 0 spiro atoms. The summed E-state index contributed by atoms with van der Waals surface area (Å²) in [6.45, 7) is -1.45. The lowest BCUT2D eigenvalue weighted by Gasteiger charge is -2.25. The van der Waals surface area contributed by atoms with E-state index in [0.29, 0.717) is 29.7 Å². The molecule has 354 valence electrons. The van der Waals surface area contributed by atoms with Crippen LogP contribution in [0.15, 0.2) is 73.2 Å². The van der Waals surface area contributed by atoms with Gasteiger partial charge in [0.15, 0.2) is 0 Å². The van der Waals surface area contributed by atoms with Gasteiger partial charge in [0.25, 0.3) is 0 Å². The quantitative estimate of drug-likeness (QED) is 0.0292. The van der Waals surface area contributed by atoms with E-state index < -0.39 is 116 Å². The summed E-state index contributed by atoms with van der Waals surface area (Å²) in [4.78, 5) is 146. The number of primary amides is 1. The topological polar surface area (TPSA) is 354 Å². The van der Waals surface area contributed by atoms with E-state index in [1.807, 2.05) is 0 Å². The van der Waals surface area contributed by atoms with Crippen molar-refractivity contribution < 1.29 is 52.7 Å². The molecule has 11 amide bonds. The van der Waals surface area contributed by atoms with Crippen LogP contribution in [0, 0.1) is 0 Å². The lowest BCUT2D eigenvalue weighted by Crippen LogP contribution is -2.58. The molecular weight excluding hydrogens is 863 g/mol. The molecule has 0 aliphatic rings. The Hall–Kier alpha value is -8.18. The Kier molecular flexibility index (Phi) is 22.5. The maximum absolute atomic E-state index is 14.1. The monoisotopic (exact) mass is 917 g/mol. The smallest absolute Gasteiger partial charge is 0.243 e. The van der Waals surface area contributed by atoms with Crippen molar-refractivity contribution in [3.63, 3.8) is 0 Å². The third-order valence-electron chi connectivity index (χ3n) is 9.20. The van der Waals surface area contributed by atoms with E-state index in [1.54, 1.807) is 67.6 Å². The Bertz CT molecular complexity index is 2120. The Morgan fingerprint density at radius 1 is 0.606 bits per heavy atom. The van der Waals surface area contributed by atoms with Crippen LogP contribution in [0.25, 0.3) is 0 Å². The van der Waals surface area contributed by atoms with Gasteiger partial charge in [-0.25, -0.2) is 4.98 Å². The minimum Gasteiger partial charge on any atom is -0.368 e. The van der Waals surface area contributed by atoms with Crippen LogP contribution in [0.4, 0.5) is 0 Å². The van der Waals surface area contributed by atoms with Crippen molar-refractivity contribution in [2.45, 2.75) is 50.7 Å². The molecule has 1 aromatic heterocycles. The third kappa shape index (κ3) is 20.3. The summed E-state index contributed by atoms with van der Waals surface area (Å²) in [6.07, 6.45) is 3.39. The van der Waals surface area contributed by atoms with E-state index in [9.17, 15) is 52.7 Å². The number of aromatic amines is 1. The van der Waals surface area contributed by atoms with Crippen LogP contribution < -0.4 is 53.6 Å².